The first-order chi connectivity index (χ1) is 11.6. The third kappa shape index (κ3) is 8.66. The van der Waals surface area contributed by atoms with Gasteiger partial charge in [-0.05, 0) is 52.3 Å². The van der Waals surface area contributed by atoms with E-state index in [-0.39, 0.29) is 18.4 Å². The Morgan fingerprint density at radius 1 is 1.24 bits per heavy atom. The van der Waals surface area contributed by atoms with E-state index >= 15 is 0 Å². The van der Waals surface area contributed by atoms with E-state index in [1.165, 1.54) is 0 Å². The van der Waals surface area contributed by atoms with Gasteiger partial charge in [0.05, 0.1) is 18.1 Å². The third-order valence-electron chi connectivity index (χ3n) is 2.95. The molecule has 0 radical (unpaired) electrons. The molecule has 0 unspecified atom stereocenters. The molecule has 0 bridgehead atoms. The molecule has 0 atom stereocenters. The summed E-state index contributed by atoms with van der Waals surface area (Å²) in [6.07, 6.45) is -0.373. The number of aliphatic imine (C=N–C) groups is 1. The number of amides is 2. The van der Waals surface area contributed by atoms with Gasteiger partial charge in [-0.1, -0.05) is 12.1 Å². The Kier molecular flexibility index (Phi) is 7.31. The second kappa shape index (κ2) is 8.97. The first-order valence-corrected chi connectivity index (χ1v) is 8.17. The highest BCUT2D eigenvalue weighted by atomic mass is 16.6. The average molecular weight is 343 g/mol. The minimum absolute atomic E-state index is 0.00480. The fraction of sp³-hybridized carbons (Fsp3) is 0.474. The fourth-order valence-electron chi connectivity index (χ4n) is 2.05. The van der Waals surface area contributed by atoms with Crippen molar-refractivity contribution in [1.29, 1.82) is 5.26 Å². The van der Waals surface area contributed by atoms with E-state index in [9.17, 15) is 9.59 Å². The van der Waals surface area contributed by atoms with Crippen molar-refractivity contribution in [3.8, 4) is 6.07 Å². The molecule has 0 saturated heterocycles. The van der Waals surface area contributed by atoms with Crippen LogP contribution in [0.3, 0.4) is 0 Å². The summed E-state index contributed by atoms with van der Waals surface area (Å²) in [5, 5.41) is 11.6. The summed E-state index contributed by atoms with van der Waals surface area (Å²) in [6, 6.07) is 9.00. The molecule has 0 spiro atoms. The maximum absolute atomic E-state index is 12.0. The quantitative estimate of drug-likeness (QED) is 0.830. The topological polar surface area (TPSA) is 91.5 Å². The molecule has 1 aromatic rings. The van der Waals surface area contributed by atoms with Crippen molar-refractivity contribution in [1.82, 2.24) is 5.32 Å². The molecule has 0 aromatic heterocycles. The summed E-state index contributed by atoms with van der Waals surface area (Å²) >= 11 is 0. The minimum Gasteiger partial charge on any atom is -0.442 e. The van der Waals surface area contributed by atoms with Crippen LogP contribution in [-0.4, -0.2) is 29.4 Å². The molecule has 6 heteroatoms. The van der Waals surface area contributed by atoms with Crippen molar-refractivity contribution in [2.75, 3.05) is 0 Å². The minimum atomic E-state index is -0.714. The van der Waals surface area contributed by atoms with Crippen molar-refractivity contribution in [3.05, 3.63) is 35.4 Å². The number of carbonyl (C=O) groups excluding carboxylic acids is 2. The number of ether oxygens (including phenoxy) is 1. The van der Waals surface area contributed by atoms with E-state index in [0.29, 0.717) is 17.7 Å². The van der Waals surface area contributed by atoms with Crippen LogP contribution in [0.1, 0.15) is 52.2 Å². The van der Waals surface area contributed by atoms with Gasteiger partial charge < -0.3 is 10.1 Å². The Balaban J connectivity index is 2.94. The zero-order valence-electron chi connectivity index (χ0n) is 15.4. The molecule has 1 rings (SSSR count). The zero-order chi connectivity index (χ0) is 19.0. The van der Waals surface area contributed by atoms with Crippen LogP contribution in [0.4, 0.5) is 4.79 Å². The summed E-state index contributed by atoms with van der Waals surface area (Å²) < 4.78 is 5.20. The number of rotatable bonds is 5. The molecule has 0 fully saturated rings. The van der Waals surface area contributed by atoms with Crippen LogP contribution in [0.15, 0.2) is 29.3 Å². The SMILES string of the molecule is CC(C)NC(=O)CC(Cc1ccc(C#N)cc1)=NC(=O)OC(C)(C)C. The predicted octanol–water partition coefficient (Wildman–Crippen LogP) is 3.39. The van der Waals surface area contributed by atoms with Crippen molar-refractivity contribution in [2.24, 2.45) is 4.99 Å². The molecule has 6 nitrogen and oxygen atoms in total. The molecule has 0 saturated carbocycles. The largest absolute Gasteiger partial charge is 0.442 e. The molecule has 2 amide bonds. The standard InChI is InChI=1S/C19H25N3O3/c1-13(2)21-17(23)11-16(22-18(24)25-19(3,4)5)10-14-6-8-15(12-20)9-7-14/h6-9,13H,10-11H2,1-5H3,(H,21,23). The monoisotopic (exact) mass is 343 g/mol. The molecule has 1 aromatic carbocycles. The molecule has 0 heterocycles. The highest BCUT2D eigenvalue weighted by Gasteiger charge is 2.18. The van der Waals surface area contributed by atoms with E-state index in [1.807, 2.05) is 13.8 Å². The molecule has 1 N–H and O–H groups in total. The Morgan fingerprint density at radius 2 is 1.84 bits per heavy atom. The second-order valence-electron chi connectivity index (χ2n) is 7.04. The van der Waals surface area contributed by atoms with Crippen LogP contribution in [-0.2, 0) is 16.0 Å². The zero-order valence-corrected chi connectivity index (χ0v) is 15.4. The molecule has 134 valence electrons. The van der Waals surface area contributed by atoms with Gasteiger partial charge in [-0.3, -0.25) is 4.79 Å². The lowest BCUT2D eigenvalue weighted by Gasteiger charge is -2.18. The van der Waals surface area contributed by atoms with Crippen LogP contribution < -0.4 is 5.32 Å². The van der Waals surface area contributed by atoms with E-state index in [1.54, 1.807) is 45.0 Å². The van der Waals surface area contributed by atoms with E-state index in [4.69, 9.17) is 10.00 Å². The van der Waals surface area contributed by atoms with Crippen molar-refractivity contribution in [3.63, 3.8) is 0 Å². The van der Waals surface area contributed by atoms with E-state index in [0.717, 1.165) is 5.56 Å². The first-order valence-electron chi connectivity index (χ1n) is 8.17. The predicted molar refractivity (Wildman–Crippen MR) is 96.4 cm³/mol. The molecule has 25 heavy (non-hydrogen) atoms. The first kappa shape index (κ1) is 20.4. The number of benzene rings is 1. The van der Waals surface area contributed by atoms with Crippen LogP contribution in [0.5, 0.6) is 0 Å². The molecular weight excluding hydrogens is 318 g/mol. The maximum atomic E-state index is 12.0. The van der Waals surface area contributed by atoms with Crippen LogP contribution in [0, 0.1) is 11.3 Å². The second-order valence-corrected chi connectivity index (χ2v) is 7.04. The lowest BCUT2D eigenvalue weighted by Crippen LogP contribution is -2.32. The van der Waals surface area contributed by atoms with Crippen LogP contribution >= 0.6 is 0 Å². The van der Waals surface area contributed by atoms with Crippen LogP contribution in [0.2, 0.25) is 0 Å². The molecule has 0 aliphatic rings. The Labute approximate surface area is 148 Å². The molecule has 0 aliphatic heterocycles. The van der Waals surface area contributed by atoms with E-state index in [2.05, 4.69) is 16.4 Å². The number of nitrogens with one attached hydrogen (secondary N) is 1. The van der Waals surface area contributed by atoms with Gasteiger partial charge in [0.15, 0.2) is 0 Å². The lowest BCUT2D eigenvalue weighted by molar-refractivity contribution is -0.120. The summed E-state index contributed by atoms with van der Waals surface area (Å²) in [6.45, 7) is 9.00. The Morgan fingerprint density at radius 3 is 2.32 bits per heavy atom. The third-order valence-corrected chi connectivity index (χ3v) is 2.95. The van der Waals surface area contributed by atoms with Gasteiger partial charge in [-0.2, -0.15) is 10.3 Å². The van der Waals surface area contributed by atoms with E-state index < -0.39 is 11.7 Å². The van der Waals surface area contributed by atoms with Gasteiger partial charge >= 0.3 is 6.09 Å². The van der Waals surface area contributed by atoms with Gasteiger partial charge in [0, 0.05) is 18.2 Å². The van der Waals surface area contributed by atoms with Crippen molar-refractivity contribution >= 4 is 17.7 Å². The van der Waals surface area contributed by atoms with Gasteiger partial charge in [-0.25, -0.2) is 4.79 Å². The molecular formula is C19H25N3O3. The van der Waals surface area contributed by atoms with Crippen LogP contribution in [0.25, 0.3) is 0 Å². The summed E-state index contributed by atoms with van der Waals surface area (Å²) in [5.41, 5.74) is 1.17. The van der Waals surface area contributed by atoms with Gasteiger partial charge in [0.2, 0.25) is 5.91 Å². The van der Waals surface area contributed by atoms with Gasteiger partial charge in [0.25, 0.3) is 0 Å². The highest BCUT2D eigenvalue weighted by molar-refractivity contribution is 6.05. The normalized spacial score (nSPS) is 11.8. The van der Waals surface area contributed by atoms with Gasteiger partial charge in [-0.15, -0.1) is 0 Å². The Bertz CT molecular complexity index is 677. The van der Waals surface area contributed by atoms with Crippen molar-refractivity contribution in [2.45, 2.75) is 59.1 Å². The number of carbonyl (C=O) groups is 2. The highest BCUT2D eigenvalue weighted by Crippen LogP contribution is 2.11. The summed E-state index contributed by atoms with van der Waals surface area (Å²) in [7, 11) is 0. The molecule has 0 aliphatic carbocycles. The number of nitriles is 1. The fourth-order valence-corrected chi connectivity index (χ4v) is 2.05. The summed E-state index contributed by atoms with van der Waals surface area (Å²) in [5.74, 6) is -0.203. The van der Waals surface area contributed by atoms with Gasteiger partial charge in [0.1, 0.15) is 5.60 Å². The Hall–Kier alpha value is -2.68. The smallest absolute Gasteiger partial charge is 0.434 e. The maximum Gasteiger partial charge on any atom is 0.434 e. The average Bonchev–Trinajstić information content (AvgIpc) is 2.44. The number of hydrogen-bond donors (Lipinski definition) is 1. The van der Waals surface area contributed by atoms with Crippen molar-refractivity contribution < 1.29 is 14.3 Å². The summed E-state index contributed by atoms with van der Waals surface area (Å²) in [4.78, 5) is 28.0. The number of nitrogens with zero attached hydrogens (tertiary/aromatic N) is 2. The lowest BCUT2D eigenvalue weighted by atomic mass is 10.0. The number of hydrogen-bond acceptors (Lipinski definition) is 4.